The zero-order valence-electron chi connectivity index (χ0n) is 8.61. The summed E-state index contributed by atoms with van der Waals surface area (Å²) in [7, 11) is 0. The predicted molar refractivity (Wildman–Crippen MR) is 62.4 cm³/mol. The number of hydrogen-bond acceptors (Lipinski definition) is 3. The van der Waals surface area contributed by atoms with Crippen molar-refractivity contribution in [2.24, 2.45) is 5.73 Å². The molecule has 4 nitrogen and oxygen atoms in total. The second-order valence-electron chi connectivity index (χ2n) is 3.34. The molecule has 2 aromatic rings. The minimum atomic E-state index is -0.762. The summed E-state index contributed by atoms with van der Waals surface area (Å²) in [6.07, 6.45) is 1.34. The molecule has 17 heavy (non-hydrogen) atoms. The van der Waals surface area contributed by atoms with Crippen LogP contribution in [0.5, 0.6) is 0 Å². The van der Waals surface area contributed by atoms with E-state index in [0.29, 0.717) is 10.6 Å². The van der Waals surface area contributed by atoms with Gasteiger partial charge in [0.1, 0.15) is 17.9 Å². The minimum absolute atomic E-state index is 0.127. The Balaban J connectivity index is 2.57. The predicted octanol–water partition coefficient (Wildman–Crippen LogP) is 2.57. The topological polar surface area (TPSA) is 80.0 Å². The molecule has 0 aliphatic heterocycles. The number of benzene rings is 1. The molecule has 1 heterocycles. The molecule has 0 unspecified atom stereocenters. The van der Waals surface area contributed by atoms with E-state index >= 15 is 0 Å². The Hall–Kier alpha value is -2.25. The highest BCUT2D eigenvalue weighted by molar-refractivity contribution is 6.30. The van der Waals surface area contributed by atoms with Gasteiger partial charge in [0.25, 0.3) is 5.91 Å². The molecule has 0 bridgehead atoms. The lowest BCUT2D eigenvalue weighted by Crippen LogP contribution is -2.11. The van der Waals surface area contributed by atoms with Gasteiger partial charge < -0.3 is 10.2 Å². The van der Waals surface area contributed by atoms with Crippen LogP contribution in [0.1, 0.15) is 16.1 Å². The van der Waals surface area contributed by atoms with Crippen molar-refractivity contribution >= 4 is 17.5 Å². The van der Waals surface area contributed by atoms with Crippen LogP contribution in [0.15, 0.2) is 34.9 Å². The second-order valence-corrected chi connectivity index (χ2v) is 3.77. The fraction of sp³-hybridized carbons (Fsp3) is 0. The van der Waals surface area contributed by atoms with E-state index in [1.807, 2.05) is 6.07 Å². The van der Waals surface area contributed by atoms with E-state index in [-0.39, 0.29) is 11.3 Å². The maximum atomic E-state index is 11.0. The van der Waals surface area contributed by atoms with Crippen molar-refractivity contribution in [3.63, 3.8) is 0 Å². The standard InChI is InChI=1S/C12H7ClN2O2/c13-8-3-1-7(2-4-8)10-6-17-11(12(15)16)9(10)5-14/h1-4,6H,(H2,15,16). The van der Waals surface area contributed by atoms with Gasteiger partial charge in [0.15, 0.2) is 0 Å². The zero-order valence-corrected chi connectivity index (χ0v) is 9.36. The van der Waals surface area contributed by atoms with E-state index < -0.39 is 5.91 Å². The van der Waals surface area contributed by atoms with E-state index in [0.717, 1.165) is 5.56 Å². The largest absolute Gasteiger partial charge is 0.457 e. The quantitative estimate of drug-likeness (QED) is 0.884. The summed E-state index contributed by atoms with van der Waals surface area (Å²) in [4.78, 5) is 11.0. The van der Waals surface area contributed by atoms with Gasteiger partial charge >= 0.3 is 0 Å². The molecule has 1 amide bonds. The van der Waals surface area contributed by atoms with Crippen molar-refractivity contribution in [3.8, 4) is 17.2 Å². The third kappa shape index (κ3) is 2.01. The molecule has 2 rings (SSSR count). The molecule has 0 aliphatic rings. The fourth-order valence-corrected chi connectivity index (χ4v) is 1.62. The van der Waals surface area contributed by atoms with Crippen molar-refractivity contribution in [1.29, 1.82) is 5.26 Å². The average molecular weight is 247 g/mol. The summed E-state index contributed by atoms with van der Waals surface area (Å²) in [6, 6.07) is 8.76. The lowest BCUT2D eigenvalue weighted by molar-refractivity contribution is 0.0973. The van der Waals surface area contributed by atoms with Crippen LogP contribution in [0.3, 0.4) is 0 Å². The molecular weight excluding hydrogens is 240 g/mol. The number of rotatable bonds is 2. The van der Waals surface area contributed by atoms with Gasteiger partial charge in [-0.05, 0) is 17.7 Å². The molecule has 0 saturated carbocycles. The lowest BCUT2D eigenvalue weighted by Gasteiger charge is -1.97. The van der Waals surface area contributed by atoms with Gasteiger partial charge in [0, 0.05) is 10.6 Å². The Kier molecular flexibility index (Phi) is 2.86. The Labute approximate surface area is 102 Å². The van der Waals surface area contributed by atoms with E-state index in [1.165, 1.54) is 6.26 Å². The van der Waals surface area contributed by atoms with Gasteiger partial charge in [-0.2, -0.15) is 5.26 Å². The molecule has 5 heteroatoms. The Bertz CT molecular complexity index is 608. The highest BCUT2D eigenvalue weighted by atomic mass is 35.5. The minimum Gasteiger partial charge on any atom is -0.457 e. The smallest absolute Gasteiger partial charge is 0.285 e. The first kappa shape index (κ1) is 11.2. The first-order chi connectivity index (χ1) is 8.13. The molecular formula is C12H7ClN2O2. The van der Waals surface area contributed by atoms with Crippen molar-refractivity contribution in [3.05, 3.63) is 46.9 Å². The Morgan fingerprint density at radius 2 is 2.00 bits per heavy atom. The molecule has 84 valence electrons. The molecule has 2 N–H and O–H groups in total. The molecule has 1 aromatic carbocycles. The normalized spacial score (nSPS) is 9.88. The molecule has 0 aliphatic carbocycles. The third-order valence-corrected chi connectivity index (χ3v) is 2.53. The van der Waals surface area contributed by atoms with Crippen LogP contribution in [-0.4, -0.2) is 5.91 Å². The number of hydrogen-bond donors (Lipinski definition) is 1. The highest BCUT2D eigenvalue weighted by Crippen LogP contribution is 2.28. The number of carbonyl (C=O) groups is 1. The van der Waals surface area contributed by atoms with Crippen molar-refractivity contribution < 1.29 is 9.21 Å². The second kappa shape index (κ2) is 4.32. The number of nitrogens with zero attached hydrogens (tertiary/aromatic N) is 1. The summed E-state index contributed by atoms with van der Waals surface area (Å²) in [5, 5.41) is 9.60. The summed E-state index contributed by atoms with van der Waals surface area (Å²) < 4.78 is 5.00. The van der Waals surface area contributed by atoms with Crippen LogP contribution in [0.25, 0.3) is 11.1 Å². The van der Waals surface area contributed by atoms with Crippen molar-refractivity contribution in [1.82, 2.24) is 0 Å². The third-order valence-electron chi connectivity index (χ3n) is 2.28. The summed E-state index contributed by atoms with van der Waals surface area (Å²) in [6.45, 7) is 0. The zero-order chi connectivity index (χ0) is 12.4. The summed E-state index contributed by atoms with van der Waals surface area (Å²) >= 11 is 5.77. The average Bonchev–Trinajstić information content (AvgIpc) is 2.73. The van der Waals surface area contributed by atoms with Crippen molar-refractivity contribution in [2.75, 3.05) is 0 Å². The first-order valence-electron chi connectivity index (χ1n) is 4.71. The summed E-state index contributed by atoms with van der Waals surface area (Å²) in [5.74, 6) is -0.890. The van der Waals surface area contributed by atoms with Crippen LogP contribution in [0, 0.1) is 11.3 Å². The molecule has 0 fully saturated rings. The SMILES string of the molecule is N#Cc1c(-c2ccc(Cl)cc2)coc1C(N)=O. The molecule has 1 aromatic heterocycles. The van der Waals surface area contributed by atoms with Gasteiger partial charge in [-0.3, -0.25) is 4.79 Å². The monoisotopic (exact) mass is 246 g/mol. The first-order valence-corrected chi connectivity index (χ1v) is 5.08. The lowest BCUT2D eigenvalue weighted by atomic mass is 10.0. The number of carbonyl (C=O) groups excluding carboxylic acids is 1. The highest BCUT2D eigenvalue weighted by Gasteiger charge is 2.18. The van der Waals surface area contributed by atoms with Crippen LogP contribution in [-0.2, 0) is 0 Å². The molecule has 0 spiro atoms. The number of amides is 1. The van der Waals surface area contributed by atoms with Crippen LogP contribution < -0.4 is 5.73 Å². The van der Waals surface area contributed by atoms with E-state index in [9.17, 15) is 4.79 Å². The fourth-order valence-electron chi connectivity index (χ4n) is 1.49. The van der Waals surface area contributed by atoms with Gasteiger partial charge in [0.2, 0.25) is 5.76 Å². The number of halogens is 1. The van der Waals surface area contributed by atoms with Crippen LogP contribution in [0.4, 0.5) is 0 Å². The van der Waals surface area contributed by atoms with Gasteiger partial charge in [-0.25, -0.2) is 0 Å². The van der Waals surface area contributed by atoms with Crippen LogP contribution >= 0.6 is 11.6 Å². The van der Waals surface area contributed by atoms with Crippen LogP contribution in [0.2, 0.25) is 5.02 Å². The summed E-state index contributed by atoms with van der Waals surface area (Å²) in [5.41, 5.74) is 6.50. The van der Waals surface area contributed by atoms with Crippen molar-refractivity contribution in [2.45, 2.75) is 0 Å². The number of nitrogens with two attached hydrogens (primary N) is 1. The molecule has 0 radical (unpaired) electrons. The van der Waals surface area contributed by atoms with Gasteiger partial charge in [0.05, 0.1) is 0 Å². The number of furan rings is 1. The maximum absolute atomic E-state index is 11.0. The molecule has 0 saturated heterocycles. The van der Waals surface area contributed by atoms with E-state index in [2.05, 4.69) is 0 Å². The maximum Gasteiger partial charge on any atom is 0.285 e. The Morgan fingerprint density at radius 1 is 1.35 bits per heavy atom. The van der Waals surface area contributed by atoms with E-state index in [1.54, 1.807) is 24.3 Å². The van der Waals surface area contributed by atoms with E-state index in [4.69, 9.17) is 27.0 Å². The van der Waals surface area contributed by atoms with Gasteiger partial charge in [-0.1, -0.05) is 23.7 Å². The van der Waals surface area contributed by atoms with Gasteiger partial charge in [-0.15, -0.1) is 0 Å². The Morgan fingerprint density at radius 3 is 2.53 bits per heavy atom. The number of nitriles is 1. The number of primary amides is 1. The molecule has 0 atom stereocenters.